The number of carbonyl (C=O) groups excluding carboxylic acids is 10. The highest BCUT2D eigenvalue weighted by Crippen LogP contribution is 2.45. The number of rotatable bonds is 16. The van der Waals surface area contributed by atoms with E-state index >= 15 is 0 Å². The molecule has 5 heterocycles. The van der Waals surface area contributed by atoms with Crippen LogP contribution in [0.5, 0.6) is 5.75 Å². The number of nitrogens with zero attached hydrogens (tertiary/aromatic N) is 5. The van der Waals surface area contributed by atoms with Gasteiger partial charge in [-0.05, 0) is 179 Å². The molecule has 0 aromatic heterocycles. The Morgan fingerprint density at radius 2 is 0.716 bits per heavy atom. The Labute approximate surface area is 601 Å². The molecule has 5 aromatic carbocycles. The summed E-state index contributed by atoms with van der Waals surface area (Å²) >= 11 is 0. The van der Waals surface area contributed by atoms with Gasteiger partial charge in [-0.25, -0.2) is 14.1 Å². The molecule has 5 aromatic rings. The van der Waals surface area contributed by atoms with E-state index in [1.807, 2.05) is 77.1 Å². The van der Waals surface area contributed by atoms with Gasteiger partial charge in [0.2, 0.25) is 35.4 Å². The third kappa shape index (κ3) is 18.6. The summed E-state index contributed by atoms with van der Waals surface area (Å²) in [6.45, 7) is 32.1. The molecule has 0 spiro atoms. The normalized spacial score (nSPS) is 22.9. The van der Waals surface area contributed by atoms with Crippen molar-refractivity contribution in [3.05, 3.63) is 224 Å². The molecule has 5 atom stereocenters. The number of likely N-dealkylation sites (tertiary alicyclic amines) is 5. The predicted molar refractivity (Wildman–Crippen MR) is 394 cm³/mol. The lowest BCUT2D eigenvalue weighted by molar-refractivity contribution is -0.154. The number of amides is 10. The van der Waals surface area contributed by atoms with Crippen molar-refractivity contribution < 1.29 is 61.8 Å². The standard InChI is InChI=1S/C24H25NO3.C17H21NO3.C16H18FNO2.C16H19NO2.C11H17NO2/c1-3-13-24(2)14-8-15-25(22(24)26)23(27)28-16-21-19-11-6-4-9-17(19)18-10-5-7-12-20(18)21;1-4-10-17(2)11-5-12-18(16(17)20)15(19)13-6-8-14(21-3)9-7-13;1-3-9-16(2)10-4-11-18(15(16)20)14(19)12-5-7-13(17)8-6-12;1-3-10-16(2)11-7-12-17(15(16)19)14(18)13-8-5-4-6-9-13;1-4-6-11(3)7-5-8-12(9(2)13)10(11)14/h3-7,9-12,21H,1,8,13-16H2,2H3;4,6-9H,1,5,10-12H2,2-3H3;3,5-8H,1,4,9-11H2,2H3;3-6,8-9H,1,7,10-12H2,2H3;4H,1,5-8H2,2-3H3/t24-;17-;2*16-;11-/m11111/s1. The van der Waals surface area contributed by atoms with Crippen LogP contribution >= 0.6 is 0 Å². The highest BCUT2D eigenvalue weighted by Gasteiger charge is 2.46. The maximum absolute atomic E-state index is 12.9. The summed E-state index contributed by atoms with van der Waals surface area (Å²) in [4.78, 5) is 130. The third-order valence-electron chi connectivity index (χ3n) is 20.5. The van der Waals surface area contributed by atoms with Gasteiger partial charge in [0.05, 0.1) is 34.2 Å². The molecule has 0 unspecified atom stereocenters. The van der Waals surface area contributed by atoms with Crippen LogP contribution in [0.3, 0.4) is 0 Å². The average Bonchev–Trinajstić information content (AvgIpc) is 1.59. The summed E-state index contributed by atoms with van der Waals surface area (Å²) < 4.78 is 23.6. The van der Waals surface area contributed by atoms with Crippen LogP contribution in [-0.4, -0.2) is 130 Å². The second-order valence-corrected chi connectivity index (χ2v) is 28.4. The second kappa shape index (κ2) is 35.6. The van der Waals surface area contributed by atoms with E-state index in [1.54, 1.807) is 73.9 Å². The first-order chi connectivity index (χ1) is 48.6. The SMILES string of the molecule is C=CC[C@]1(C)CCCN(C(=O)OCC2c3ccccc3-c3ccccc32)C1=O.C=CC[C@]1(C)CCCN(C(=O)c2ccc(F)cc2)C1=O.C=CC[C@]1(C)CCCN(C(=O)c2ccc(OC)cc2)C1=O.C=CC[C@]1(C)CCCN(C(=O)c2ccccc2)C1=O.C=CC[C@]1(C)CCCN(C(C)=O)C1=O. The molecule has 0 N–H and O–H groups in total. The Kier molecular flexibility index (Phi) is 27.7. The molecular formula is C84H100FN5O12. The Balaban J connectivity index is 0.000000182. The third-order valence-corrected chi connectivity index (χ3v) is 20.5. The summed E-state index contributed by atoms with van der Waals surface area (Å²) in [5.41, 5.74) is 3.59. The van der Waals surface area contributed by atoms with Crippen LogP contribution < -0.4 is 4.74 Å². The molecule has 5 saturated heterocycles. The Morgan fingerprint density at radius 3 is 1.06 bits per heavy atom. The quantitative estimate of drug-likeness (QED) is 0.0668. The summed E-state index contributed by atoms with van der Waals surface area (Å²) in [6.07, 6.45) is 19.3. The van der Waals surface area contributed by atoms with Crippen LogP contribution in [0, 0.1) is 32.9 Å². The molecule has 11 rings (SSSR count). The fourth-order valence-electron chi connectivity index (χ4n) is 14.5. The predicted octanol–water partition coefficient (Wildman–Crippen LogP) is 16.1. The van der Waals surface area contributed by atoms with Gasteiger partial charge in [-0.1, -0.05) is 132 Å². The smallest absolute Gasteiger partial charge is 0.416 e. The maximum atomic E-state index is 12.9. The first-order valence-electron chi connectivity index (χ1n) is 35.2. The van der Waals surface area contributed by atoms with Crippen LogP contribution in [-0.2, 0) is 33.5 Å². The lowest BCUT2D eigenvalue weighted by atomic mass is 9.78. The van der Waals surface area contributed by atoms with E-state index in [0.29, 0.717) is 87.3 Å². The lowest BCUT2D eigenvalue weighted by Crippen LogP contribution is -2.50. The van der Waals surface area contributed by atoms with E-state index < -0.39 is 39.0 Å². The van der Waals surface area contributed by atoms with Crippen LogP contribution in [0.15, 0.2) is 191 Å². The Hall–Kier alpha value is -9.97. The summed E-state index contributed by atoms with van der Waals surface area (Å²) in [7, 11) is 1.58. The van der Waals surface area contributed by atoms with Crippen molar-refractivity contribution in [2.75, 3.05) is 46.4 Å². The number of hydrogen-bond donors (Lipinski definition) is 0. The van der Waals surface area contributed by atoms with Crippen molar-refractivity contribution in [3.63, 3.8) is 0 Å². The van der Waals surface area contributed by atoms with Crippen molar-refractivity contribution in [3.8, 4) is 16.9 Å². The van der Waals surface area contributed by atoms with Gasteiger partial charge in [0, 0.05) is 62.3 Å². The maximum Gasteiger partial charge on any atom is 0.416 e. The molecule has 0 saturated carbocycles. The molecule has 5 aliphatic heterocycles. The van der Waals surface area contributed by atoms with Crippen LogP contribution in [0.25, 0.3) is 11.1 Å². The molecular weight excluding hydrogens is 1290 g/mol. The molecule has 0 radical (unpaired) electrons. The highest BCUT2D eigenvalue weighted by atomic mass is 19.1. The lowest BCUT2D eigenvalue weighted by Gasteiger charge is -2.37. The first kappa shape index (κ1) is 79.4. The van der Waals surface area contributed by atoms with Crippen LogP contribution in [0.1, 0.15) is 186 Å². The molecule has 18 heteroatoms. The van der Waals surface area contributed by atoms with Gasteiger partial charge in [0.15, 0.2) is 0 Å². The molecule has 17 nitrogen and oxygen atoms in total. The van der Waals surface area contributed by atoms with Crippen molar-refractivity contribution in [1.82, 2.24) is 24.5 Å². The van der Waals surface area contributed by atoms with Crippen molar-refractivity contribution in [2.45, 2.75) is 144 Å². The monoisotopic (exact) mass is 1390 g/mol. The van der Waals surface area contributed by atoms with E-state index in [1.165, 1.54) is 66.8 Å². The number of carbonyl (C=O) groups is 10. The van der Waals surface area contributed by atoms with Crippen molar-refractivity contribution in [2.24, 2.45) is 27.1 Å². The van der Waals surface area contributed by atoms with Crippen LogP contribution in [0.4, 0.5) is 9.18 Å². The van der Waals surface area contributed by atoms with Gasteiger partial charge in [-0.3, -0.25) is 62.8 Å². The fourth-order valence-corrected chi connectivity index (χ4v) is 14.5. The van der Waals surface area contributed by atoms with Gasteiger partial charge in [0.1, 0.15) is 18.2 Å². The largest absolute Gasteiger partial charge is 0.497 e. The minimum Gasteiger partial charge on any atom is -0.497 e. The van der Waals surface area contributed by atoms with Crippen molar-refractivity contribution in [1.29, 1.82) is 0 Å². The molecule has 6 aliphatic rings. The van der Waals surface area contributed by atoms with Gasteiger partial charge in [-0.15, -0.1) is 32.9 Å². The van der Waals surface area contributed by atoms with Gasteiger partial charge >= 0.3 is 6.09 Å². The van der Waals surface area contributed by atoms with Crippen LogP contribution in [0.2, 0.25) is 0 Å². The molecule has 102 heavy (non-hydrogen) atoms. The van der Waals surface area contributed by atoms with E-state index in [-0.39, 0.29) is 65.7 Å². The topological polar surface area (TPSA) is 205 Å². The van der Waals surface area contributed by atoms with E-state index in [2.05, 4.69) is 57.2 Å². The number of halogens is 1. The average molecular weight is 1390 g/mol. The second-order valence-electron chi connectivity index (χ2n) is 28.4. The number of allylic oxidation sites excluding steroid dienone is 5. The van der Waals surface area contributed by atoms with Gasteiger partial charge in [0.25, 0.3) is 17.7 Å². The molecule has 10 amide bonds. The fraction of sp³-hybridized carbons (Fsp3) is 0.405. The number of hydrogen-bond acceptors (Lipinski definition) is 12. The first-order valence-corrected chi connectivity index (χ1v) is 35.2. The number of ether oxygens (including phenoxy) is 2. The number of benzene rings is 5. The van der Waals surface area contributed by atoms with Gasteiger partial charge in [-0.2, -0.15) is 0 Å². The van der Waals surface area contributed by atoms with Crippen molar-refractivity contribution >= 4 is 59.3 Å². The minimum absolute atomic E-state index is 0.00389. The molecule has 1 aliphatic carbocycles. The summed E-state index contributed by atoms with van der Waals surface area (Å²) in [5.74, 6) is -1.20. The molecule has 0 bridgehead atoms. The zero-order valence-electron chi connectivity index (χ0n) is 60.5. The Morgan fingerprint density at radius 1 is 0.422 bits per heavy atom. The zero-order valence-corrected chi connectivity index (χ0v) is 60.5. The number of piperidine rings is 5. The zero-order chi connectivity index (χ0) is 74.6. The number of fused-ring (bicyclic) bond motifs is 3. The van der Waals surface area contributed by atoms with E-state index in [4.69, 9.17) is 9.47 Å². The number of methoxy groups -OCH3 is 1. The molecule has 540 valence electrons. The molecule has 5 fully saturated rings. The summed E-state index contributed by atoms with van der Waals surface area (Å²) in [6, 6.07) is 37.5. The Bertz CT molecular complexity index is 3880. The number of imide groups is 5. The highest BCUT2D eigenvalue weighted by molar-refractivity contribution is 6.08. The van der Waals surface area contributed by atoms with E-state index in [0.717, 1.165) is 75.3 Å². The van der Waals surface area contributed by atoms with E-state index in [9.17, 15) is 52.3 Å². The van der Waals surface area contributed by atoms with Gasteiger partial charge < -0.3 is 9.47 Å². The summed E-state index contributed by atoms with van der Waals surface area (Å²) in [5, 5.41) is 0. The minimum atomic E-state index is -0.564.